The summed E-state index contributed by atoms with van der Waals surface area (Å²) in [4.78, 5) is 5.80. The molecule has 1 aromatic heterocycles. The average molecular weight is 270 g/mol. The maximum Gasteiger partial charge on any atom is 0.0900 e. The third kappa shape index (κ3) is 5.46. The summed E-state index contributed by atoms with van der Waals surface area (Å²) in [6.07, 6.45) is 1.14. The van der Waals surface area contributed by atoms with Crippen LogP contribution in [0.2, 0.25) is 0 Å². The van der Waals surface area contributed by atoms with Gasteiger partial charge < -0.3 is 10.1 Å². The van der Waals surface area contributed by atoms with Gasteiger partial charge in [-0.2, -0.15) is 0 Å². The fourth-order valence-corrected chi connectivity index (χ4v) is 2.76. The van der Waals surface area contributed by atoms with E-state index >= 15 is 0 Å². The van der Waals surface area contributed by atoms with Crippen LogP contribution >= 0.6 is 11.3 Å². The standard InChI is InChI=1S/C14H26N2OS/c1-10(2)6-8-17-9-7-15-11(3)14-12(4)16-13(5)18-14/h10-11,15H,6-9H2,1-5H3. The number of nitrogens with one attached hydrogen (secondary N) is 1. The number of nitrogens with zero attached hydrogens (tertiary/aromatic N) is 1. The molecule has 0 bridgehead atoms. The van der Waals surface area contributed by atoms with Gasteiger partial charge in [0.15, 0.2) is 0 Å². The Morgan fingerprint density at radius 1 is 1.22 bits per heavy atom. The summed E-state index contributed by atoms with van der Waals surface area (Å²) < 4.78 is 5.59. The van der Waals surface area contributed by atoms with Crippen LogP contribution < -0.4 is 5.32 Å². The molecule has 0 aliphatic rings. The first-order chi connectivity index (χ1) is 8.50. The second-order valence-corrected chi connectivity index (χ2v) is 6.39. The third-order valence-electron chi connectivity index (χ3n) is 2.87. The molecule has 104 valence electrons. The minimum Gasteiger partial charge on any atom is -0.380 e. The third-order valence-corrected chi connectivity index (χ3v) is 4.12. The molecule has 1 atom stereocenters. The van der Waals surface area contributed by atoms with Crippen LogP contribution in [0, 0.1) is 19.8 Å². The monoisotopic (exact) mass is 270 g/mol. The Balaban J connectivity index is 2.17. The lowest BCUT2D eigenvalue weighted by Gasteiger charge is -2.13. The Hall–Kier alpha value is -0.450. The van der Waals surface area contributed by atoms with Crippen LogP contribution in [0.3, 0.4) is 0 Å². The number of aryl methyl sites for hydroxylation is 2. The molecule has 1 aromatic rings. The Morgan fingerprint density at radius 3 is 2.50 bits per heavy atom. The summed E-state index contributed by atoms with van der Waals surface area (Å²) in [5.74, 6) is 0.722. The van der Waals surface area contributed by atoms with Crippen molar-refractivity contribution in [2.75, 3.05) is 19.8 Å². The summed E-state index contributed by atoms with van der Waals surface area (Å²) >= 11 is 1.78. The molecular formula is C14H26N2OS. The topological polar surface area (TPSA) is 34.2 Å². The normalized spacial score (nSPS) is 13.2. The van der Waals surface area contributed by atoms with Gasteiger partial charge in [0.1, 0.15) is 0 Å². The van der Waals surface area contributed by atoms with Crippen molar-refractivity contribution in [2.24, 2.45) is 5.92 Å². The highest BCUT2D eigenvalue weighted by Crippen LogP contribution is 2.23. The average Bonchev–Trinajstić information content (AvgIpc) is 2.62. The van der Waals surface area contributed by atoms with Crippen LogP contribution in [0.5, 0.6) is 0 Å². The first-order valence-electron chi connectivity index (χ1n) is 6.75. The molecule has 1 heterocycles. The predicted molar refractivity (Wildman–Crippen MR) is 78.3 cm³/mol. The van der Waals surface area contributed by atoms with Crippen molar-refractivity contribution in [1.82, 2.24) is 10.3 Å². The SMILES string of the molecule is Cc1nc(C)c(C(C)NCCOCCC(C)C)s1. The molecule has 0 saturated carbocycles. The number of hydrogen-bond donors (Lipinski definition) is 1. The van der Waals surface area contributed by atoms with Crippen LogP contribution in [0.25, 0.3) is 0 Å². The number of thiazole rings is 1. The molecule has 3 nitrogen and oxygen atoms in total. The molecule has 4 heteroatoms. The van der Waals surface area contributed by atoms with Crippen LogP contribution in [0.4, 0.5) is 0 Å². The quantitative estimate of drug-likeness (QED) is 0.734. The number of aromatic nitrogens is 1. The second-order valence-electron chi connectivity index (χ2n) is 5.15. The first kappa shape index (κ1) is 15.6. The molecule has 1 unspecified atom stereocenters. The molecule has 0 spiro atoms. The number of rotatable bonds is 8. The molecular weight excluding hydrogens is 244 g/mol. The van der Waals surface area contributed by atoms with E-state index < -0.39 is 0 Å². The van der Waals surface area contributed by atoms with E-state index in [1.807, 2.05) is 0 Å². The lowest BCUT2D eigenvalue weighted by Crippen LogP contribution is -2.23. The molecule has 1 N–H and O–H groups in total. The van der Waals surface area contributed by atoms with Gasteiger partial charge >= 0.3 is 0 Å². The fraction of sp³-hybridized carbons (Fsp3) is 0.786. The van der Waals surface area contributed by atoms with E-state index in [0.29, 0.717) is 6.04 Å². The van der Waals surface area contributed by atoms with Gasteiger partial charge in [0.05, 0.1) is 17.3 Å². The van der Waals surface area contributed by atoms with Crippen molar-refractivity contribution in [3.63, 3.8) is 0 Å². The van der Waals surface area contributed by atoms with E-state index in [1.54, 1.807) is 11.3 Å². The first-order valence-corrected chi connectivity index (χ1v) is 7.57. The molecule has 0 radical (unpaired) electrons. The zero-order valence-corrected chi connectivity index (χ0v) is 13.1. The van der Waals surface area contributed by atoms with Gasteiger partial charge in [-0.3, -0.25) is 0 Å². The lowest BCUT2D eigenvalue weighted by atomic mass is 10.1. The molecule has 1 rings (SSSR count). The van der Waals surface area contributed by atoms with Crippen molar-refractivity contribution in [3.8, 4) is 0 Å². The van der Waals surface area contributed by atoms with Crippen molar-refractivity contribution in [2.45, 2.75) is 47.1 Å². The Kier molecular flexibility index (Phi) is 6.82. The van der Waals surface area contributed by atoms with E-state index in [2.05, 4.69) is 44.9 Å². The fourth-order valence-electron chi connectivity index (χ4n) is 1.81. The highest BCUT2D eigenvalue weighted by Gasteiger charge is 2.11. The van der Waals surface area contributed by atoms with Crippen molar-refractivity contribution in [1.29, 1.82) is 0 Å². The van der Waals surface area contributed by atoms with Gasteiger partial charge in [0, 0.05) is 24.1 Å². The van der Waals surface area contributed by atoms with E-state index in [4.69, 9.17) is 4.74 Å². The minimum atomic E-state index is 0.366. The second kappa shape index (κ2) is 7.87. The van der Waals surface area contributed by atoms with Crippen LogP contribution in [-0.4, -0.2) is 24.7 Å². The van der Waals surface area contributed by atoms with E-state index in [1.165, 1.54) is 4.88 Å². The Labute approximate surface area is 115 Å². The summed E-state index contributed by atoms with van der Waals surface area (Å²) in [6, 6.07) is 0.366. The van der Waals surface area contributed by atoms with E-state index in [9.17, 15) is 0 Å². The number of hydrogen-bond acceptors (Lipinski definition) is 4. The molecule has 0 fully saturated rings. The van der Waals surface area contributed by atoms with Gasteiger partial charge in [-0.25, -0.2) is 4.98 Å². The maximum absolute atomic E-state index is 5.59. The van der Waals surface area contributed by atoms with E-state index in [0.717, 1.165) is 42.8 Å². The zero-order valence-electron chi connectivity index (χ0n) is 12.2. The van der Waals surface area contributed by atoms with Gasteiger partial charge in [-0.1, -0.05) is 13.8 Å². The summed E-state index contributed by atoms with van der Waals surface area (Å²) in [5, 5.41) is 4.63. The summed E-state index contributed by atoms with van der Waals surface area (Å²) in [5.41, 5.74) is 1.15. The Bertz CT molecular complexity index is 350. The van der Waals surface area contributed by atoms with Gasteiger partial charge in [0.25, 0.3) is 0 Å². The van der Waals surface area contributed by atoms with Crippen molar-refractivity contribution < 1.29 is 4.74 Å². The Morgan fingerprint density at radius 2 is 1.94 bits per heavy atom. The highest BCUT2D eigenvalue weighted by molar-refractivity contribution is 7.11. The summed E-state index contributed by atoms with van der Waals surface area (Å²) in [7, 11) is 0. The lowest BCUT2D eigenvalue weighted by molar-refractivity contribution is 0.124. The smallest absolute Gasteiger partial charge is 0.0900 e. The molecule has 0 aliphatic carbocycles. The molecule has 0 aromatic carbocycles. The largest absolute Gasteiger partial charge is 0.380 e. The van der Waals surface area contributed by atoms with Gasteiger partial charge in [-0.05, 0) is 33.1 Å². The predicted octanol–water partition coefficient (Wildman–Crippen LogP) is 3.47. The molecule has 0 saturated heterocycles. The molecule has 0 amide bonds. The van der Waals surface area contributed by atoms with Crippen LogP contribution in [0.1, 0.15) is 48.8 Å². The maximum atomic E-state index is 5.59. The van der Waals surface area contributed by atoms with Crippen molar-refractivity contribution in [3.05, 3.63) is 15.6 Å². The minimum absolute atomic E-state index is 0.366. The molecule has 0 aliphatic heterocycles. The zero-order chi connectivity index (χ0) is 13.5. The van der Waals surface area contributed by atoms with Crippen molar-refractivity contribution >= 4 is 11.3 Å². The van der Waals surface area contributed by atoms with E-state index in [-0.39, 0.29) is 0 Å². The van der Waals surface area contributed by atoms with Crippen LogP contribution in [-0.2, 0) is 4.74 Å². The highest BCUT2D eigenvalue weighted by atomic mass is 32.1. The molecule has 18 heavy (non-hydrogen) atoms. The number of ether oxygens (including phenoxy) is 1. The van der Waals surface area contributed by atoms with Crippen LogP contribution in [0.15, 0.2) is 0 Å². The van der Waals surface area contributed by atoms with Gasteiger partial charge in [0.2, 0.25) is 0 Å². The summed E-state index contributed by atoms with van der Waals surface area (Å²) in [6.45, 7) is 13.3. The van der Waals surface area contributed by atoms with Gasteiger partial charge in [-0.15, -0.1) is 11.3 Å².